The summed E-state index contributed by atoms with van der Waals surface area (Å²) < 4.78 is 3.61. The first kappa shape index (κ1) is 12.5. The quantitative estimate of drug-likeness (QED) is 0.902. The molecule has 0 aliphatic carbocycles. The van der Waals surface area contributed by atoms with Crippen LogP contribution in [0.4, 0.5) is 5.69 Å². The molecule has 1 aromatic carbocycles. The number of anilines is 1. The molecule has 2 aromatic rings. The minimum absolute atomic E-state index is 0.133. The van der Waals surface area contributed by atoms with Gasteiger partial charge >= 0.3 is 0 Å². The van der Waals surface area contributed by atoms with Crippen molar-refractivity contribution < 1.29 is 0 Å². The van der Waals surface area contributed by atoms with E-state index in [0.717, 1.165) is 17.9 Å². The van der Waals surface area contributed by atoms with Gasteiger partial charge in [0.25, 0.3) is 5.56 Å². The highest BCUT2D eigenvalue weighted by molar-refractivity contribution is 5.46. The third kappa shape index (κ3) is 1.83. The van der Waals surface area contributed by atoms with Crippen molar-refractivity contribution in [3.8, 4) is 5.69 Å². The Hall–Kier alpha value is -1.97. The van der Waals surface area contributed by atoms with Gasteiger partial charge in [0, 0.05) is 6.54 Å². The number of aromatic nitrogens is 2. The molecule has 0 fully saturated rings. The van der Waals surface area contributed by atoms with Crippen LogP contribution >= 0.6 is 0 Å². The van der Waals surface area contributed by atoms with E-state index in [4.69, 9.17) is 5.73 Å². The molecular weight excluding hydrogens is 226 g/mol. The van der Waals surface area contributed by atoms with Crippen LogP contribution in [0.2, 0.25) is 0 Å². The van der Waals surface area contributed by atoms with Gasteiger partial charge in [0.15, 0.2) is 0 Å². The van der Waals surface area contributed by atoms with Gasteiger partial charge in [0.2, 0.25) is 0 Å². The maximum Gasteiger partial charge on any atom is 0.294 e. The van der Waals surface area contributed by atoms with Crippen LogP contribution in [0.25, 0.3) is 5.69 Å². The molecule has 0 spiro atoms. The topological polar surface area (TPSA) is 52.9 Å². The standard InChI is InChI=1S/C14H19N3O/c1-4-16-13(10(2)3)12(15)14(18)17(16)11-8-6-5-7-9-11/h5-10H,4,15H2,1-3H3. The number of rotatable bonds is 3. The Morgan fingerprint density at radius 3 is 2.33 bits per heavy atom. The van der Waals surface area contributed by atoms with E-state index in [-0.39, 0.29) is 11.5 Å². The van der Waals surface area contributed by atoms with Crippen molar-refractivity contribution in [1.29, 1.82) is 0 Å². The predicted molar refractivity (Wildman–Crippen MR) is 74.2 cm³/mol. The number of nitrogens with two attached hydrogens (primary N) is 1. The second-order valence-corrected chi connectivity index (χ2v) is 4.62. The lowest BCUT2D eigenvalue weighted by atomic mass is 10.1. The van der Waals surface area contributed by atoms with Gasteiger partial charge < -0.3 is 5.73 Å². The number of hydrogen-bond acceptors (Lipinski definition) is 2. The first-order chi connectivity index (χ1) is 8.57. The van der Waals surface area contributed by atoms with Gasteiger partial charge in [-0.3, -0.25) is 9.48 Å². The van der Waals surface area contributed by atoms with Crippen LogP contribution in [0.5, 0.6) is 0 Å². The third-order valence-corrected chi connectivity index (χ3v) is 3.07. The van der Waals surface area contributed by atoms with Crippen LogP contribution in [-0.2, 0) is 6.54 Å². The molecule has 0 saturated carbocycles. The highest BCUT2D eigenvalue weighted by Crippen LogP contribution is 2.21. The Bertz CT molecular complexity index is 593. The van der Waals surface area contributed by atoms with E-state index >= 15 is 0 Å². The lowest BCUT2D eigenvalue weighted by Crippen LogP contribution is -2.22. The molecule has 0 saturated heterocycles. The summed E-state index contributed by atoms with van der Waals surface area (Å²) in [6.45, 7) is 6.83. The van der Waals surface area contributed by atoms with Gasteiger partial charge in [-0.05, 0) is 25.0 Å². The van der Waals surface area contributed by atoms with Crippen LogP contribution < -0.4 is 11.3 Å². The van der Waals surface area contributed by atoms with E-state index in [2.05, 4.69) is 0 Å². The van der Waals surface area contributed by atoms with Crippen molar-refractivity contribution in [2.75, 3.05) is 5.73 Å². The SMILES string of the molecule is CCn1c(C(C)C)c(N)c(=O)n1-c1ccccc1. The number of nitrogens with zero attached hydrogens (tertiary/aromatic N) is 2. The highest BCUT2D eigenvalue weighted by Gasteiger charge is 2.19. The molecule has 0 unspecified atom stereocenters. The number of nitrogen functional groups attached to an aromatic ring is 1. The summed E-state index contributed by atoms with van der Waals surface area (Å²) >= 11 is 0. The summed E-state index contributed by atoms with van der Waals surface area (Å²) in [6.07, 6.45) is 0. The Morgan fingerprint density at radius 2 is 1.83 bits per heavy atom. The molecule has 4 heteroatoms. The lowest BCUT2D eigenvalue weighted by Gasteiger charge is -2.14. The van der Waals surface area contributed by atoms with Crippen molar-refractivity contribution in [2.45, 2.75) is 33.2 Å². The molecule has 0 radical (unpaired) electrons. The van der Waals surface area contributed by atoms with E-state index in [1.807, 2.05) is 55.8 Å². The Balaban J connectivity index is 2.76. The maximum atomic E-state index is 12.3. The molecule has 2 N–H and O–H groups in total. The summed E-state index contributed by atoms with van der Waals surface area (Å²) in [4.78, 5) is 12.3. The Morgan fingerprint density at radius 1 is 1.22 bits per heavy atom. The molecule has 4 nitrogen and oxygen atoms in total. The molecule has 0 amide bonds. The minimum atomic E-state index is -0.133. The van der Waals surface area contributed by atoms with Gasteiger partial charge in [0.05, 0.1) is 11.4 Å². The Kier molecular flexibility index (Phi) is 3.28. The Labute approximate surface area is 107 Å². The molecule has 0 aliphatic heterocycles. The summed E-state index contributed by atoms with van der Waals surface area (Å²) in [5.41, 5.74) is 7.95. The average molecular weight is 245 g/mol. The van der Waals surface area contributed by atoms with Crippen LogP contribution in [0.15, 0.2) is 35.1 Å². The van der Waals surface area contributed by atoms with E-state index in [9.17, 15) is 4.79 Å². The first-order valence-electron chi connectivity index (χ1n) is 6.24. The van der Waals surface area contributed by atoms with E-state index in [1.165, 1.54) is 0 Å². The van der Waals surface area contributed by atoms with Gasteiger partial charge in [-0.25, -0.2) is 4.68 Å². The molecule has 96 valence electrons. The van der Waals surface area contributed by atoms with E-state index in [0.29, 0.717) is 5.69 Å². The van der Waals surface area contributed by atoms with Crippen LogP contribution in [0.1, 0.15) is 32.4 Å². The first-order valence-corrected chi connectivity index (χ1v) is 6.24. The highest BCUT2D eigenvalue weighted by atomic mass is 16.1. The molecule has 18 heavy (non-hydrogen) atoms. The van der Waals surface area contributed by atoms with Gasteiger partial charge in [-0.1, -0.05) is 32.0 Å². The lowest BCUT2D eigenvalue weighted by molar-refractivity contribution is 0.534. The summed E-state index contributed by atoms with van der Waals surface area (Å²) in [6, 6.07) is 9.59. The number of hydrogen-bond donors (Lipinski definition) is 1. The number of benzene rings is 1. The summed E-state index contributed by atoms with van der Waals surface area (Å²) in [5.74, 6) is 0.225. The fourth-order valence-corrected chi connectivity index (χ4v) is 2.33. The second-order valence-electron chi connectivity index (χ2n) is 4.62. The largest absolute Gasteiger partial charge is 0.393 e. The summed E-state index contributed by atoms with van der Waals surface area (Å²) in [5, 5.41) is 0. The zero-order valence-electron chi connectivity index (χ0n) is 11.1. The van der Waals surface area contributed by atoms with Gasteiger partial charge in [-0.15, -0.1) is 0 Å². The molecule has 1 aromatic heterocycles. The van der Waals surface area contributed by atoms with Crippen molar-refractivity contribution >= 4 is 5.69 Å². The zero-order chi connectivity index (χ0) is 13.3. The average Bonchev–Trinajstić information content (AvgIpc) is 2.63. The van der Waals surface area contributed by atoms with Gasteiger partial charge in [-0.2, -0.15) is 0 Å². The summed E-state index contributed by atoms with van der Waals surface area (Å²) in [7, 11) is 0. The van der Waals surface area contributed by atoms with Crippen LogP contribution in [0, 0.1) is 0 Å². The minimum Gasteiger partial charge on any atom is -0.393 e. The molecular formula is C14H19N3O. The fraction of sp³-hybridized carbons (Fsp3) is 0.357. The van der Waals surface area contributed by atoms with Gasteiger partial charge in [0.1, 0.15) is 5.69 Å². The smallest absolute Gasteiger partial charge is 0.294 e. The van der Waals surface area contributed by atoms with E-state index in [1.54, 1.807) is 4.68 Å². The second kappa shape index (κ2) is 4.72. The van der Waals surface area contributed by atoms with Crippen molar-refractivity contribution in [1.82, 2.24) is 9.36 Å². The third-order valence-electron chi connectivity index (χ3n) is 3.07. The number of para-hydroxylation sites is 1. The molecule has 0 aliphatic rings. The zero-order valence-corrected chi connectivity index (χ0v) is 11.1. The van der Waals surface area contributed by atoms with Crippen molar-refractivity contribution in [3.05, 3.63) is 46.4 Å². The molecule has 0 atom stereocenters. The van der Waals surface area contributed by atoms with E-state index < -0.39 is 0 Å². The fourth-order valence-electron chi connectivity index (χ4n) is 2.33. The predicted octanol–water partition coefficient (Wildman–Crippen LogP) is 2.36. The molecule has 2 rings (SSSR count). The van der Waals surface area contributed by atoms with Crippen molar-refractivity contribution in [3.63, 3.8) is 0 Å². The normalized spacial score (nSPS) is 11.1. The van der Waals surface area contributed by atoms with Crippen molar-refractivity contribution in [2.24, 2.45) is 0 Å². The monoisotopic (exact) mass is 245 g/mol. The molecule has 0 bridgehead atoms. The van der Waals surface area contributed by atoms with Crippen LogP contribution in [0.3, 0.4) is 0 Å². The van der Waals surface area contributed by atoms with Crippen LogP contribution in [-0.4, -0.2) is 9.36 Å². The molecule has 1 heterocycles. The maximum absolute atomic E-state index is 12.3.